The van der Waals surface area contributed by atoms with Gasteiger partial charge in [-0.05, 0) is 25.5 Å². The fourth-order valence-corrected chi connectivity index (χ4v) is 3.36. The molecule has 0 amide bonds. The number of hydrogen-bond donors (Lipinski definition) is 1. The molecule has 0 bridgehead atoms. The molecule has 5 nitrogen and oxygen atoms in total. The second-order valence-corrected chi connectivity index (χ2v) is 6.19. The zero-order valence-electron chi connectivity index (χ0n) is 10.6. The minimum atomic E-state index is -0.493. The van der Waals surface area contributed by atoms with Crippen molar-refractivity contribution in [3.63, 3.8) is 0 Å². The number of pyridine rings is 1. The fourth-order valence-electron chi connectivity index (χ4n) is 2.32. The Hall–Kier alpha value is -1.01. The Morgan fingerprint density at radius 2 is 2.37 bits per heavy atom. The highest BCUT2D eigenvalue weighted by Gasteiger charge is 2.22. The average Bonchev–Trinajstić information content (AvgIpc) is 2.41. The normalized spacial score (nSPS) is 23.1. The third-order valence-electron chi connectivity index (χ3n) is 3.34. The van der Waals surface area contributed by atoms with E-state index in [-0.39, 0.29) is 5.69 Å². The van der Waals surface area contributed by atoms with E-state index < -0.39 is 4.92 Å². The van der Waals surface area contributed by atoms with E-state index in [0.717, 1.165) is 12.8 Å². The van der Waals surface area contributed by atoms with Crippen molar-refractivity contribution in [3.05, 3.63) is 27.4 Å². The minimum Gasteiger partial charge on any atom is -0.366 e. The highest BCUT2D eigenvalue weighted by molar-refractivity contribution is 7.99. The van der Waals surface area contributed by atoms with Crippen LogP contribution in [0.4, 0.5) is 11.5 Å². The monoisotopic (exact) mass is 301 g/mol. The smallest absolute Gasteiger partial charge is 0.289 e. The summed E-state index contributed by atoms with van der Waals surface area (Å²) in [6.45, 7) is 0. The van der Waals surface area contributed by atoms with Crippen molar-refractivity contribution in [1.29, 1.82) is 0 Å². The molecule has 104 valence electrons. The zero-order valence-corrected chi connectivity index (χ0v) is 12.2. The molecular weight excluding hydrogens is 286 g/mol. The summed E-state index contributed by atoms with van der Waals surface area (Å²) < 4.78 is 0. The number of aromatic nitrogens is 1. The van der Waals surface area contributed by atoms with Crippen LogP contribution in [-0.2, 0) is 0 Å². The number of anilines is 1. The second-order valence-electron chi connectivity index (χ2n) is 4.65. The molecule has 2 rings (SSSR count). The number of halogens is 1. The van der Waals surface area contributed by atoms with Gasteiger partial charge in [0.2, 0.25) is 0 Å². The molecule has 0 aromatic carbocycles. The van der Waals surface area contributed by atoms with Gasteiger partial charge in [-0.1, -0.05) is 18.0 Å². The molecule has 1 fully saturated rings. The van der Waals surface area contributed by atoms with Crippen LogP contribution in [0.5, 0.6) is 0 Å². The van der Waals surface area contributed by atoms with Crippen molar-refractivity contribution < 1.29 is 4.92 Å². The molecule has 1 aliphatic rings. The summed E-state index contributed by atoms with van der Waals surface area (Å²) in [5.41, 5.74) is -0.0822. The molecule has 0 aliphatic heterocycles. The van der Waals surface area contributed by atoms with Gasteiger partial charge in [-0.25, -0.2) is 4.98 Å². The van der Waals surface area contributed by atoms with Gasteiger partial charge in [-0.2, -0.15) is 11.8 Å². The molecule has 1 N–H and O–H groups in total. The predicted molar refractivity (Wildman–Crippen MR) is 79.1 cm³/mol. The first-order chi connectivity index (χ1) is 9.10. The van der Waals surface area contributed by atoms with Crippen molar-refractivity contribution in [2.24, 2.45) is 0 Å². The lowest BCUT2D eigenvalue weighted by Crippen LogP contribution is -2.29. The third-order valence-corrected chi connectivity index (χ3v) is 4.72. The van der Waals surface area contributed by atoms with Gasteiger partial charge in [0, 0.05) is 17.4 Å². The number of thioether (sulfide) groups is 1. The van der Waals surface area contributed by atoms with Crippen molar-refractivity contribution in [2.75, 3.05) is 11.6 Å². The maximum absolute atomic E-state index is 10.6. The van der Waals surface area contributed by atoms with E-state index >= 15 is 0 Å². The summed E-state index contributed by atoms with van der Waals surface area (Å²) in [4.78, 5) is 14.2. The van der Waals surface area contributed by atoms with Crippen LogP contribution >= 0.6 is 23.4 Å². The van der Waals surface area contributed by atoms with Crippen molar-refractivity contribution in [3.8, 4) is 0 Å². The summed E-state index contributed by atoms with van der Waals surface area (Å²) in [6.07, 6.45) is 7.98. The van der Waals surface area contributed by atoms with E-state index in [9.17, 15) is 10.1 Å². The van der Waals surface area contributed by atoms with Crippen LogP contribution in [0.3, 0.4) is 0 Å². The minimum absolute atomic E-state index is 0.0822. The molecule has 0 spiro atoms. The first-order valence-electron chi connectivity index (χ1n) is 6.19. The Morgan fingerprint density at radius 1 is 1.58 bits per heavy atom. The van der Waals surface area contributed by atoms with Gasteiger partial charge in [-0.3, -0.25) is 10.1 Å². The number of hydrogen-bond acceptors (Lipinski definition) is 5. The molecule has 1 aromatic heterocycles. The molecule has 1 aromatic rings. The highest BCUT2D eigenvalue weighted by atomic mass is 35.5. The van der Waals surface area contributed by atoms with Crippen molar-refractivity contribution in [1.82, 2.24) is 4.98 Å². The van der Waals surface area contributed by atoms with E-state index in [1.54, 1.807) is 0 Å². The first kappa shape index (κ1) is 14.4. The third kappa shape index (κ3) is 3.73. The Kier molecular flexibility index (Phi) is 4.87. The van der Waals surface area contributed by atoms with Crippen LogP contribution in [0.15, 0.2) is 12.3 Å². The standard InChI is InChI=1S/C12H16ClN3O2S/c1-19-10-4-2-3-8(5-10)15-12-11(13)6-9(7-14-12)16(17)18/h6-8,10H,2-5H2,1H3,(H,14,15). The highest BCUT2D eigenvalue weighted by Crippen LogP contribution is 2.31. The number of nitro groups is 1. The molecule has 0 radical (unpaired) electrons. The topological polar surface area (TPSA) is 68.1 Å². The van der Waals surface area contributed by atoms with Crippen LogP contribution in [0.1, 0.15) is 25.7 Å². The number of rotatable bonds is 4. The van der Waals surface area contributed by atoms with Crippen LogP contribution in [-0.4, -0.2) is 27.5 Å². The predicted octanol–water partition coefficient (Wildman–Crippen LogP) is 3.73. The molecule has 19 heavy (non-hydrogen) atoms. The lowest BCUT2D eigenvalue weighted by Gasteiger charge is -2.29. The van der Waals surface area contributed by atoms with E-state index in [0.29, 0.717) is 22.1 Å². The van der Waals surface area contributed by atoms with Gasteiger partial charge in [-0.15, -0.1) is 0 Å². The molecule has 7 heteroatoms. The lowest BCUT2D eigenvalue weighted by molar-refractivity contribution is -0.385. The van der Waals surface area contributed by atoms with Crippen LogP contribution in [0.2, 0.25) is 5.02 Å². The van der Waals surface area contributed by atoms with Crippen LogP contribution in [0, 0.1) is 10.1 Å². The molecule has 1 heterocycles. The zero-order chi connectivity index (χ0) is 13.8. The summed E-state index contributed by atoms with van der Waals surface area (Å²) in [5, 5.41) is 14.9. The van der Waals surface area contributed by atoms with Gasteiger partial charge >= 0.3 is 0 Å². The second kappa shape index (κ2) is 6.43. The molecule has 2 unspecified atom stereocenters. The quantitative estimate of drug-likeness (QED) is 0.678. The van der Waals surface area contributed by atoms with E-state index in [2.05, 4.69) is 16.6 Å². The van der Waals surface area contributed by atoms with E-state index in [1.807, 2.05) is 11.8 Å². The number of nitrogens with one attached hydrogen (secondary N) is 1. The molecule has 0 saturated heterocycles. The van der Waals surface area contributed by atoms with Crippen LogP contribution < -0.4 is 5.32 Å². The Balaban J connectivity index is 2.04. The average molecular weight is 302 g/mol. The number of nitrogens with zero attached hydrogens (tertiary/aromatic N) is 2. The Morgan fingerprint density at radius 3 is 3.00 bits per heavy atom. The molecule has 1 saturated carbocycles. The maximum Gasteiger partial charge on any atom is 0.289 e. The molecule has 2 atom stereocenters. The van der Waals surface area contributed by atoms with E-state index in [4.69, 9.17) is 11.6 Å². The summed E-state index contributed by atoms with van der Waals surface area (Å²) in [7, 11) is 0. The molecule has 1 aliphatic carbocycles. The van der Waals surface area contributed by atoms with Gasteiger partial charge < -0.3 is 5.32 Å². The SMILES string of the molecule is CSC1CCCC(Nc2ncc([N+](=O)[O-])cc2Cl)C1. The summed E-state index contributed by atoms with van der Waals surface area (Å²) in [6, 6.07) is 1.68. The Bertz CT molecular complexity index is 472. The molecular formula is C12H16ClN3O2S. The Labute approximate surface area is 121 Å². The summed E-state index contributed by atoms with van der Waals surface area (Å²) in [5.74, 6) is 0.541. The van der Waals surface area contributed by atoms with Crippen LogP contribution in [0.25, 0.3) is 0 Å². The van der Waals surface area contributed by atoms with Crippen molar-refractivity contribution in [2.45, 2.75) is 37.0 Å². The lowest BCUT2D eigenvalue weighted by atomic mass is 9.95. The van der Waals surface area contributed by atoms with Gasteiger partial charge in [0.15, 0.2) is 0 Å². The van der Waals surface area contributed by atoms with E-state index in [1.165, 1.54) is 25.1 Å². The maximum atomic E-state index is 10.6. The largest absolute Gasteiger partial charge is 0.366 e. The van der Waals surface area contributed by atoms with Crippen molar-refractivity contribution >= 4 is 34.9 Å². The summed E-state index contributed by atoms with van der Waals surface area (Å²) >= 11 is 7.92. The van der Waals surface area contributed by atoms with Gasteiger partial charge in [0.05, 0.1) is 9.95 Å². The van der Waals surface area contributed by atoms with Gasteiger partial charge in [0.1, 0.15) is 12.0 Å². The fraction of sp³-hybridized carbons (Fsp3) is 0.583. The first-order valence-corrected chi connectivity index (χ1v) is 7.86. The van der Waals surface area contributed by atoms with Gasteiger partial charge in [0.25, 0.3) is 5.69 Å².